The minimum absolute atomic E-state index is 0.0702. The van der Waals surface area contributed by atoms with Crippen LogP contribution in [0.3, 0.4) is 0 Å². The van der Waals surface area contributed by atoms with E-state index in [0.717, 1.165) is 4.47 Å². The van der Waals surface area contributed by atoms with Crippen LogP contribution >= 0.6 is 15.9 Å². The highest BCUT2D eigenvalue weighted by molar-refractivity contribution is 9.10. The van der Waals surface area contributed by atoms with Gasteiger partial charge in [0, 0.05) is 4.47 Å². The average Bonchev–Trinajstić information content (AvgIpc) is 2.79. The minimum atomic E-state index is -0.570. The molecule has 3 aromatic rings. The number of benzene rings is 3. The third-order valence-corrected chi connectivity index (χ3v) is 4.91. The number of hydrogen-bond donors (Lipinski definition) is 2. The molecule has 0 aliphatic heterocycles. The molecule has 6 nitrogen and oxygen atoms in total. The van der Waals surface area contributed by atoms with E-state index in [1.165, 1.54) is 20.3 Å². The van der Waals surface area contributed by atoms with Gasteiger partial charge in [0.1, 0.15) is 17.1 Å². The number of halogens is 1. The predicted molar refractivity (Wildman–Crippen MR) is 125 cm³/mol. The zero-order valence-corrected chi connectivity index (χ0v) is 18.6. The summed E-state index contributed by atoms with van der Waals surface area (Å²) in [6.45, 7) is 0. The van der Waals surface area contributed by atoms with E-state index in [-0.39, 0.29) is 5.57 Å². The van der Waals surface area contributed by atoms with Gasteiger partial charge in [0.15, 0.2) is 0 Å². The van der Waals surface area contributed by atoms with Crippen LogP contribution < -0.4 is 20.1 Å². The number of anilines is 2. The molecular formula is C24H21BrN2O4. The normalized spacial score (nSPS) is 10.0. The molecule has 0 saturated heterocycles. The molecule has 7 heteroatoms. The van der Waals surface area contributed by atoms with Crippen molar-refractivity contribution in [1.82, 2.24) is 0 Å². The molecule has 0 aliphatic carbocycles. The van der Waals surface area contributed by atoms with Crippen molar-refractivity contribution in [2.24, 2.45) is 0 Å². The van der Waals surface area contributed by atoms with Crippen molar-refractivity contribution >= 4 is 45.2 Å². The highest BCUT2D eigenvalue weighted by Crippen LogP contribution is 2.26. The van der Waals surface area contributed by atoms with E-state index in [9.17, 15) is 9.59 Å². The molecule has 3 rings (SSSR count). The number of nitrogens with one attached hydrogen (secondary N) is 2. The quantitative estimate of drug-likeness (QED) is 0.279. The number of carbonyl (C=O) groups is 2. The van der Waals surface area contributed by atoms with Crippen LogP contribution in [0, 0.1) is 0 Å². The maximum atomic E-state index is 13.1. The van der Waals surface area contributed by atoms with Crippen molar-refractivity contribution in [3.63, 3.8) is 0 Å². The van der Waals surface area contributed by atoms with E-state index in [1.807, 2.05) is 12.1 Å². The predicted octanol–water partition coefficient (Wildman–Crippen LogP) is 5.13. The molecule has 0 aromatic heterocycles. The van der Waals surface area contributed by atoms with Crippen LogP contribution in [0.5, 0.6) is 11.5 Å². The first-order valence-corrected chi connectivity index (χ1v) is 10.2. The van der Waals surface area contributed by atoms with E-state index >= 15 is 0 Å². The minimum Gasteiger partial charge on any atom is -0.495 e. The lowest BCUT2D eigenvalue weighted by Crippen LogP contribution is -2.25. The molecule has 2 N–H and O–H groups in total. The van der Waals surface area contributed by atoms with E-state index in [2.05, 4.69) is 26.6 Å². The summed E-state index contributed by atoms with van der Waals surface area (Å²) < 4.78 is 11.5. The Hall–Kier alpha value is -3.58. The number of hydrogen-bond acceptors (Lipinski definition) is 4. The molecule has 0 spiro atoms. The second-order valence-corrected chi connectivity index (χ2v) is 7.33. The molecule has 2 amide bonds. The molecule has 0 unspecified atom stereocenters. The first-order valence-electron chi connectivity index (χ1n) is 9.38. The molecular weight excluding hydrogens is 460 g/mol. The van der Waals surface area contributed by atoms with Gasteiger partial charge in [0.25, 0.3) is 11.8 Å². The molecule has 0 radical (unpaired) electrons. The van der Waals surface area contributed by atoms with Gasteiger partial charge in [-0.2, -0.15) is 0 Å². The van der Waals surface area contributed by atoms with Crippen LogP contribution in [-0.2, 0) is 9.59 Å². The summed E-state index contributed by atoms with van der Waals surface area (Å²) in [4.78, 5) is 26.2. The fourth-order valence-corrected chi connectivity index (χ4v) is 3.10. The molecule has 158 valence electrons. The Morgan fingerprint density at radius 1 is 0.742 bits per heavy atom. The first-order chi connectivity index (χ1) is 15.0. The Kier molecular flexibility index (Phi) is 7.45. The molecule has 0 saturated carbocycles. The number of rotatable bonds is 7. The lowest BCUT2D eigenvalue weighted by atomic mass is 10.1. The Balaban J connectivity index is 1.95. The molecule has 0 heterocycles. The molecule has 0 fully saturated rings. The third kappa shape index (κ3) is 5.73. The van der Waals surface area contributed by atoms with Crippen molar-refractivity contribution in [3.8, 4) is 11.5 Å². The van der Waals surface area contributed by atoms with Crippen LogP contribution in [-0.4, -0.2) is 26.0 Å². The van der Waals surface area contributed by atoms with Gasteiger partial charge in [0.2, 0.25) is 0 Å². The Morgan fingerprint density at radius 2 is 1.19 bits per heavy atom. The van der Waals surface area contributed by atoms with Gasteiger partial charge in [-0.1, -0.05) is 52.3 Å². The van der Waals surface area contributed by atoms with Crippen LogP contribution in [0.4, 0.5) is 11.4 Å². The zero-order chi connectivity index (χ0) is 22.2. The van der Waals surface area contributed by atoms with E-state index in [1.54, 1.807) is 60.7 Å². The van der Waals surface area contributed by atoms with Crippen molar-refractivity contribution in [1.29, 1.82) is 0 Å². The van der Waals surface area contributed by atoms with Gasteiger partial charge in [0.05, 0.1) is 25.6 Å². The number of methoxy groups -OCH3 is 2. The summed E-state index contributed by atoms with van der Waals surface area (Å²) in [7, 11) is 3.02. The first kappa shape index (κ1) is 22.1. The molecule has 0 atom stereocenters. The van der Waals surface area contributed by atoms with Gasteiger partial charge in [-0.25, -0.2) is 0 Å². The summed E-state index contributed by atoms with van der Waals surface area (Å²) in [6.07, 6.45) is 1.53. The van der Waals surface area contributed by atoms with Crippen molar-refractivity contribution in [2.45, 2.75) is 0 Å². The van der Waals surface area contributed by atoms with Gasteiger partial charge < -0.3 is 20.1 Å². The van der Waals surface area contributed by atoms with Crippen molar-refractivity contribution in [2.75, 3.05) is 24.9 Å². The van der Waals surface area contributed by atoms with Crippen LogP contribution in [0.25, 0.3) is 6.08 Å². The monoisotopic (exact) mass is 480 g/mol. The van der Waals surface area contributed by atoms with Crippen LogP contribution in [0.15, 0.2) is 82.8 Å². The van der Waals surface area contributed by atoms with Gasteiger partial charge in [-0.3, -0.25) is 9.59 Å². The molecule has 0 bridgehead atoms. The number of amides is 2. The maximum absolute atomic E-state index is 13.1. The fraction of sp³-hybridized carbons (Fsp3) is 0.0833. The number of para-hydroxylation sites is 4. The molecule has 3 aromatic carbocycles. The summed E-state index contributed by atoms with van der Waals surface area (Å²) in [6, 6.07) is 21.2. The summed E-state index contributed by atoms with van der Waals surface area (Å²) in [5.41, 5.74) is 1.55. The third-order valence-electron chi connectivity index (χ3n) is 4.38. The number of ether oxygens (including phenoxy) is 2. The maximum Gasteiger partial charge on any atom is 0.261 e. The Morgan fingerprint density at radius 3 is 1.65 bits per heavy atom. The summed E-state index contributed by atoms with van der Waals surface area (Å²) >= 11 is 3.38. The Bertz CT molecular complexity index is 1050. The lowest BCUT2D eigenvalue weighted by Gasteiger charge is -2.14. The van der Waals surface area contributed by atoms with Crippen LogP contribution in [0.1, 0.15) is 5.56 Å². The Labute approximate surface area is 189 Å². The second-order valence-electron chi connectivity index (χ2n) is 6.42. The smallest absolute Gasteiger partial charge is 0.261 e. The summed E-state index contributed by atoms with van der Waals surface area (Å²) in [5, 5.41) is 5.51. The van der Waals surface area contributed by atoms with E-state index < -0.39 is 11.8 Å². The van der Waals surface area contributed by atoms with Crippen molar-refractivity contribution in [3.05, 3.63) is 88.4 Å². The topological polar surface area (TPSA) is 76.7 Å². The zero-order valence-electron chi connectivity index (χ0n) is 17.0. The molecule has 0 aliphatic rings. The summed E-state index contributed by atoms with van der Waals surface area (Å²) in [5.74, 6) is -0.160. The largest absolute Gasteiger partial charge is 0.495 e. The van der Waals surface area contributed by atoms with Crippen LogP contribution in [0.2, 0.25) is 0 Å². The van der Waals surface area contributed by atoms with Gasteiger partial charge in [-0.05, 0) is 48.0 Å². The highest BCUT2D eigenvalue weighted by Gasteiger charge is 2.21. The average molecular weight is 481 g/mol. The van der Waals surface area contributed by atoms with Gasteiger partial charge >= 0.3 is 0 Å². The second kappa shape index (κ2) is 10.4. The van der Waals surface area contributed by atoms with Gasteiger partial charge in [-0.15, -0.1) is 0 Å². The van der Waals surface area contributed by atoms with E-state index in [4.69, 9.17) is 9.47 Å². The van der Waals surface area contributed by atoms with Crippen molar-refractivity contribution < 1.29 is 19.1 Å². The SMILES string of the molecule is COc1ccccc1NC(=O)C(=Cc1ccc(Br)cc1)C(=O)Nc1ccccc1OC. The lowest BCUT2D eigenvalue weighted by molar-refractivity contribution is -0.118. The molecule has 31 heavy (non-hydrogen) atoms. The number of carbonyl (C=O) groups excluding carboxylic acids is 2. The standard InChI is InChI=1S/C24H21BrN2O4/c1-30-21-9-5-3-7-19(21)26-23(28)18(15-16-11-13-17(25)14-12-16)24(29)27-20-8-4-6-10-22(20)31-2/h3-15H,1-2H3,(H,26,28)(H,27,29). The highest BCUT2D eigenvalue weighted by atomic mass is 79.9. The van der Waals surface area contributed by atoms with E-state index in [0.29, 0.717) is 28.4 Å². The fourth-order valence-electron chi connectivity index (χ4n) is 2.83.